The molecule has 1 saturated heterocycles. The van der Waals surface area contributed by atoms with Crippen LogP contribution < -0.4 is 24.8 Å². The number of rotatable bonds is 8. The van der Waals surface area contributed by atoms with Crippen molar-refractivity contribution in [2.45, 2.75) is 70.7 Å². The van der Waals surface area contributed by atoms with Gasteiger partial charge in [-0.1, -0.05) is 30.3 Å². The summed E-state index contributed by atoms with van der Waals surface area (Å²) in [5.74, 6) is 2.04. The first-order valence-electron chi connectivity index (χ1n) is 11.7. The van der Waals surface area contributed by atoms with Gasteiger partial charge >= 0.3 is 0 Å². The molecule has 0 unspecified atom stereocenters. The van der Waals surface area contributed by atoms with Crippen molar-refractivity contribution < 1.29 is 14.2 Å². The fourth-order valence-electron chi connectivity index (χ4n) is 5.12. The molecule has 0 bridgehead atoms. The summed E-state index contributed by atoms with van der Waals surface area (Å²) >= 11 is 5.99. The molecule has 7 heteroatoms. The third-order valence-electron chi connectivity index (χ3n) is 6.17. The summed E-state index contributed by atoms with van der Waals surface area (Å²) in [4.78, 5) is 2.19. The lowest BCUT2D eigenvalue weighted by molar-refractivity contribution is 0.153. The van der Waals surface area contributed by atoms with Crippen molar-refractivity contribution in [1.29, 1.82) is 0 Å². The van der Waals surface area contributed by atoms with Gasteiger partial charge in [-0.25, -0.2) is 0 Å². The fourth-order valence-corrected chi connectivity index (χ4v) is 5.41. The number of hydrogen-bond donors (Lipinski definition) is 2. The molecule has 0 amide bonds. The molecule has 0 radical (unpaired) electrons. The van der Waals surface area contributed by atoms with E-state index >= 15 is 0 Å². The second kappa shape index (κ2) is 10.8. The first kappa shape index (κ1) is 26.1. The van der Waals surface area contributed by atoms with Crippen molar-refractivity contribution in [2.75, 3.05) is 21.3 Å². The Kier molecular flexibility index (Phi) is 8.31. The average Bonchev–Trinajstić information content (AvgIpc) is 2.76. The Labute approximate surface area is 210 Å². The number of benzene rings is 2. The van der Waals surface area contributed by atoms with Gasteiger partial charge in [-0.3, -0.25) is 0 Å². The molecule has 6 nitrogen and oxygen atoms in total. The lowest BCUT2D eigenvalue weighted by atomic mass is 9.80. The lowest BCUT2D eigenvalue weighted by Crippen LogP contribution is -2.62. The van der Waals surface area contributed by atoms with Crippen LogP contribution in [0.15, 0.2) is 42.5 Å². The molecule has 1 heterocycles. The predicted octanol–water partition coefficient (Wildman–Crippen LogP) is 4.90. The highest BCUT2D eigenvalue weighted by atomic mass is 32.1. The van der Waals surface area contributed by atoms with Crippen molar-refractivity contribution in [3.05, 3.63) is 53.6 Å². The predicted molar refractivity (Wildman–Crippen MR) is 142 cm³/mol. The molecule has 2 N–H and O–H groups in total. The van der Waals surface area contributed by atoms with Gasteiger partial charge in [0.2, 0.25) is 0 Å². The first-order valence-corrected chi connectivity index (χ1v) is 12.1. The summed E-state index contributed by atoms with van der Waals surface area (Å²) < 4.78 is 16.7. The summed E-state index contributed by atoms with van der Waals surface area (Å²) in [6.07, 6.45) is 1.99. The second-order valence-electron chi connectivity index (χ2n) is 10.3. The smallest absolute Gasteiger partial charge is 0.169 e. The van der Waals surface area contributed by atoms with E-state index in [4.69, 9.17) is 26.4 Å². The van der Waals surface area contributed by atoms with E-state index in [2.05, 4.69) is 67.5 Å². The zero-order valence-electron chi connectivity index (χ0n) is 21.5. The number of ether oxygens (including phenoxy) is 3. The summed E-state index contributed by atoms with van der Waals surface area (Å²) in [5.41, 5.74) is 2.24. The zero-order valence-corrected chi connectivity index (χ0v) is 22.3. The van der Waals surface area contributed by atoms with E-state index in [9.17, 15) is 0 Å². The number of piperidine rings is 1. The fraction of sp³-hybridized carbons (Fsp3) is 0.519. The number of nitrogens with zero attached hydrogens (tertiary/aromatic N) is 1. The maximum Gasteiger partial charge on any atom is 0.169 e. The van der Waals surface area contributed by atoms with Gasteiger partial charge in [-0.2, -0.15) is 0 Å². The van der Waals surface area contributed by atoms with Gasteiger partial charge in [0.05, 0.1) is 21.3 Å². The topological polar surface area (TPSA) is 55.0 Å². The molecule has 186 valence electrons. The van der Waals surface area contributed by atoms with Crippen molar-refractivity contribution in [1.82, 2.24) is 15.5 Å². The normalized spacial score (nSPS) is 17.0. The SMILES string of the molecule is COc1cc(OC)c(OC)cc1CN(Cc1ccccc1)C(=S)NC1CC(C)(C)NC(C)(C)C1. The van der Waals surface area contributed by atoms with E-state index in [1.54, 1.807) is 21.3 Å². The Morgan fingerprint density at radius 2 is 1.47 bits per heavy atom. The molecule has 2 aromatic carbocycles. The Hall–Kier alpha value is -2.51. The monoisotopic (exact) mass is 485 g/mol. The molecule has 3 rings (SSSR count). The largest absolute Gasteiger partial charge is 0.496 e. The quantitative estimate of drug-likeness (QED) is 0.516. The van der Waals surface area contributed by atoms with Crippen LogP contribution in [0.1, 0.15) is 51.7 Å². The van der Waals surface area contributed by atoms with Crippen molar-refractivity contribution in [2.24, 2.45) is 0 Å². The molecule has 0 spiro atoms. The third kappa shape index (κ3) is 6.76. The van der Waals surface area contributed by atoms with E-state index < -0.39 is 0 Å². The second-order valence-corrected chi connectivity index (χ2v) is 10.7. The van der Waals surface area contributed by atoms with Gasteiger partial charge in [-0.15, -0.1) is 0 Å². The third-order valence-corrected chi connectivity index (χ3v) is 6.55. The van der Waals surface area contributed by atoms with Crippen LogP contribution in [0.5, 0.6) is 17.2 Å². The minimum Gasteiger partial charge on any atom is -0.496 e. The van der Waals surface area contributed by atoms with Crippen LogP contribution in [-0.2, 0) is 13.1 Å². The molecule has 1 fully saturated rings. The van der Waals surface area contributed by atoms with Crippen LogP contribution >= 0.6 is 12.2 Å². The Morgan fingerprint density at radius 3 is 2.03 bits per heavy atom. The first-order chi connectivity index (χ1) is 16.1. The van der Waals surface area contributed by atoms with Gasteiger partial charge in [0, 0.05) is 41.8 Å². The van der Waals surface area contributed by atoms with Gasteiger partial charge in [0.15, 0.2) is 16.6 Å². The molecular formula is C27H39N3O3S. The highest BCUT2D eigenvalue weighted by Crippen LogP contribution is 2.35. The Bertz CT molecular complexity index is 963. The number of nitrogens with one attached hydrogen (secondary N) is 2. The van der Waals surface area contributed by atoms with Crippen molar-refractivity contribution in [3.8, 4) is 17.2 Å². The van der Waals surface area contributed by atoms with Crippen LogP contribution in [0, 0.1) is 0 Å². The molecule has 1 aliphatic rings. The van der Waals surface area contributed by atoms with Crippen LogP contribution in [-0.4, -0.2) is 48.5 Å². The maximum absolute atomic E-state index is 5.99. The molecule has 0 aliphatic carbocycles. The van der Waals surface area contributed by atoms with Crippen LogP contribution in [0.3, 0.4) is 0 Å². The molecule has 0 atom stereocenters. The van der Waals surface area contributed by atoms with Crippen molar-refractivity contribution >= 4 is 17.3 Å². The van der Waals surface area contributed by atoms with Crippen molar-refractivity contribution in [3.63, 3.8) is 0 Å². The lowest BCUT2D eigenvalue weighted by Gasteiger charge is -2.47. The highest BCUT2D eigenvalue weighted by molar-refractivity contribution is 7.80. The number of hydrogen-bond acceptors (Lipinski definition) is 5. The van der Waals surface area contributed by atoms with E-state index in [0.29, 0.717) is 24.6 Å². The van der Waals surface area contributed by atoms with Gasteiger partial charge in [-0.05, 0) is 64.4 Å². The minimum absolute atomic E-state index is 0.0336. The summed E-state index contributed by atoms with van der Waals surface area (Å²) in [6.45, 7) is 10.3. The van der Waals surface area contributed by atoms with E-state index in [-0.39, 0.29) is 17.1 Å². The van der Waals surface area contributed by atoms with E-state index in [1.807, 2.05) is 18.2 Å². The van der Waals surface area contributed by atoms with Crippen LogP contribution in [0.4, 0.5) is 0 Å². The molecule has 34 heavy (non-hydrogen) atoms. The summed E-state index contributed by atoms with van der Waals surface area (Å²) in [6, 6.07) is 14.5. The summed E-state index contributed by atoms with van der Waals surface area (Å²) in [7, 11) is 4.93. The van der Waals surface area contributed by atoms with E-state index in [1.165, 1.54) is 5.56 Å². The average molecular weight is 486 g/mol. The standard InChI is InChI=1S/C27H39N3O3S/c1-26(2)15-21(16-27(3,4)29-26)28-25(34)30(17-19-11-9-8-10-12-19)18-20-13-23(32-6)24(33-7)14-22(20)31-5/h8-14,21,29H,15-18H2,1-7H3,(H,28,34). The zero-order chi connectivity index (χ0) is 24.9. The molecule has 1 aliphatic heterocycles. The van der Waals surface area contributed by atoms with Crippen LogP contribution in [0.2, 0.25) is 0 Å². The Balaban J connectivity index is 1.88. The van der Waals surface area contributed by atoms with E-state index in [0.717, 1.165) is 29.3 Å². The molecule has 0 saturated carbocycles. The minimum atomic E-state index is 0.0336. The van der Waals surface area contributed by atoms with Gasteiger partial charge in [0.1, 0.15) is 5.75 Å². The number of methoxy groups -OCH3 is 3. The Morgan fingerprint density at radius 1 is 0.912 bits per heavy atom. The summed E-state index contributed by atoms with van der Waals surface area (Å²) in [5, 5.41) is 8.16. The van der Waals surface area contributed by atoms with Gasteiger partial charge in [0.25, 0.3) is 0 Å². The molecule has 0 aromatic heterocycles. The highest BCUT2D eigenvalue weighted by Gasteiger charge is 2.38. The maximum atomic E-state index is 5.99. The molecule has 2 aromatic rings. The van der Waals surface area contributed by atoms with Gasteiger partial charge < -0.3 is 29.7 Å². The number of thiocarbonyl (C=S) groups is 1. The molecular weight excluding hydrogens is 446 g/mol. The van der Waals surface area contributed by atoms with Crippen LogP contribution in [0.25, 0.3) is 0 Å².